The Hall–Kier alpha value is -3.44. The van der Waals surface area contributed by atoms with Gasteiger partial charge in [-0.25, -0.2) is 17.9 Å². The summed E-state index contributed by atoms with van der Waals surface area (Å²) in [6.07, 6.45) is 0.527. The Morgan fingerprint density at radius 1 is 1.13 bits per heavy atom. The van der Waals surface area contributed by atoms with Gasteiger partial charge < -0.3 is 19.7 Å². The van der Waals surface area contributed by atoms with E-state index < -0.39 is 45.9 Å². The second-order valence-electron chi connectivity index (χ2n) is 9.58. The van der Waals surface area contributed by atoms with Crippen LogP contribution in [0.3, 0.4) is 0 Å². The number of amides is 2. The quantitative estimate of drug-likeness (QED) is 0.414. The van der Waals surface area contributed by atoms with E-state index in [-0.39, 0.29) is 23.8 Å². The molecular formula is C27H35N3O7S. The molecule has 2 aromatic rings. The average Bonchev–Trinajstić information content (AvgIpc) is 3.30. The van der Waals surface area contributed by atoms with E-state index in [4.69, 9.17) is 9.47 Å². The van der Waals surface area contributed by atoms with Crippen molar-refractivity contribution in [1.82, 2.24) is 14.9 Å². The molecule has 0 fully saturated rings. The van der Waals surface area contributed by atoms with Gasteiger partial charge in [-0.2, -0.15) is 0 Å². The Kier molecular flexibility index (Phi) is 9.50. The molecule has 0 saturated heterocycles. The van der Waals surface area contributed by atoms with Gasteiger partial charge in [-0.1, -0.05) is 44.2 Å². The van der Waals surface area contributed by atoms with E-state index in [0.717, 1.165) is 5.56 Å². The Bertz CT molecular complexity index is 1260. The maximum Gasteiger partial charge on any atom is 0.328 e. The number of hydrogen-bond acceptors (Lipinski definition) is 7. The van der Waals surface area contributed by atoms with Crippen LogP contribution < -0.4 is 14.8 Å². The minimum absolute atomic E-state index is 0.0181. The standard InChI is InChI=1S/C27H35N3O7S/c1-17(2)13-22(27(33)36-5)29-26(32)23(14-19-9-7-6-8-10-19)30(18(3)31)24-16-37-25-12-11-20(15-21(24)25)38(34,35)28-4/h6-12,15,17,22-24,28H,13-14,16H2,1-5H3,(H,29,32)/t22-,23-,24?/m0/s1. The summed E-state index contributed by atoms with van der Waals surface area (Å²) < 4.78 is 37.9. The Balaban J connectivity index is 2.05. The second kappa shape index (κ2) is 12.4. The molecule has 1 aliphatic rings. The minimum atomic E-state index is -3.75. The van der Waals surface area contributed by atoms with E-state index in [2.05, 4.69) is 10.0 Å². The van der Waals surface area contributed by atoms with E-state index in [1.54, 1.807) is 6.07 Å². The lowest BCUT2D eigenvalue weighted by atomic mass is 9.98. The first-order valence-electron chi connectivity index (χ1n) is 12.4. The topological polar surface area (TPSA) is 131 Å². The number of fused-ring (bicyclic) bond motifs is 1. The molecule has 0 saturated carbocycles. The highest BCUT2D eigenvalue weighted by Crippen LogP contribution is 2.39. The Morgan fingerprint density at radius 3 is 2.39 bits per heavy atom. The highest BCUT2D eigenvalue weighted by Gasteiger charge is 2.40. The van der Waals surface area contributed by atoms with Crippen molar-refractivity contribution < 1.29 is 32.3 Å². The first-order chi connectivity index (χ1) is 18.0. The van der Waals surface area contributed by atoms with Crippen molar-refractivity contribution >= 4 is 27.8 Å². The third-order valence-corrected chi connectivity index (χ3v) is 7.85. The van der Waals surface area contributed by atoms with Crippen molar-refractivity contribution in [3.63, 3.8) is 0 Å². The molecule has 3 rings (SSSR count). The first-order valence-corrected chi connectivity index (χ1v) is 13.9. The van der Waals surface area contributed by atoms with Crippen LogP contribution in [0.4, 0.5) is 0 Å². The van der Waals surface area contributed by atoms with Crippen molar-refractivity contribution in [3.05, 3.63) is 59.7 Å². The third-order valence-electron chi connectivity index (χ3n) is 6.43. The van der Waals surface area contributed by atoms with Gasteiger partial charge in [0.15, 0.2) is 0 Å². The van der Waals surface area contributed by atoms with E-state index in [1.165, 1.54) is 38.1 Å². The highest BCUT2D eigenvalue weighted by molar-refractivity contribution is 7.89. The zero-order chi connectivity index (χ0) is 28.0. The molecule has 2 aromatic carbocycles. The van der Waals surface area contributed by atoms with Crippen LogP contribution in [0.15, 0.2) is 53.4 Å². The average molecular weight is 546 g/mol. The van der Waals surface area contributed by atoms with Crippen LogP contribution >= 0.6 is 0 Å². The third kappa shape index (κ3) is 6.70. The van der Waals surface area contributed by atoms with Gasteiger partial charge in [0.25, 0.3) is 0 Å². The number of nitrogens with zero attached hydrogens (tertiary/aromatic N) is 1. The number of sulfonamides is 1. The Morgan fingerprint density at radius 2 is 1.82 bits per heavy atom. The fourth-order valence-electron chi connectivity index (χ4n) is 4.60. The summed E-state index contributed by atoms with van der Waals surface area (Å²) in [5.41, 5.74) is 1.29. The summed E-state index contributed by atoms with van der Waals surface area (Å²) in [6, 6.07) is 11.0. The van der Waals surface area contributed by atoms with Crippen LogP contribution in [0.1, 0.15) is 44.4 Å². The number of benzene rings is 2. The molecule has 0 bridgehead atoms. The van der Waals surface area contributed by atoms with E-state index in [9.17, 15) is 22.8 Å². The van der Waals surface area contributed by atoms with Crippen molar-refractivity contribution in [2.45, 2.75) is 56.6 Å². The molecule has 11 heteroatoms. The fourth-order valence-corrected chi connectivity index (χ4v) is 5.36. The lowest BCUT2D eigenvalue weighted by Crippen LogP contribution is -2.55. The van der Waals surface area contributed by atoms with Crippen molar-refractivity contribution in [1.29, 1.82) is 0 Å². The molecule has 1 aliphatic heterocycles. The largest absolute Gasteiger partial charge is 0.491 e. The van der Waals surface area contributed by atoms with Gasteiger partial charge in [0.1, 0.15) is 24.4 Å². The van der Waals surface area contributed by atoms with Gasteiger partial charge in [-0.15, -0.1) is 0 Å². The molecule has 1 unspecified atom stereocenters. The zero-order valence-corrected chi connectivity index (χ0v) is 23.1. The molecule has 0 aliphatic carbocycles. The molecular weight excluding hydrogens is 510 g/mol. The van der Waals surface area contributed by atoms with Gasteiger partial charge in [-0.05, 0) is 43.1 Å². The van der Waals surface area contributed by atoms with E-state index in [0.29, 0.717) is 17.7 Å². The summed E-state index contributed by atoms with van der Waals surface area (Å²) >= 11 is 0. The van der Waals surface area contributed by atoms with Crippen LogP contribution in [0.5, 0.6) is 5.75 Å². The summed E-state index contributed by atoms with van der Waals surface area (Å²) in [7, 11) is -1.18. The number of nitrogens with one attached hydrogen (secondary N) is 2. The molecule has 10 nitrogen and oxygen atoms in total. The van der Waals surface area contributed by atoms with E-state index in [1.807, 2.05) is 44.2 Å². The van der Waals surface area contributed by atoms with Gasteiger partial charge in [-0.3, -0.25) is 9.59 Å². The van der Waals surface area contributed by atoms with Crippen LogP contribution in [-0.4, -0.2) is 63.9 Å². The fraction of sp³-hybridized carbons (Fsp3) is 0.444. The number of rotatable bonds is 11. The molecule has 0 spiro atoms. The molecule has 3 atom stereocenters. The SMILES string of the molecule is CNS(=O)(=O)c1ccc2c(c1)C(N(C(C)=O)[C@@H](Cc1ccccc1)C(=O)N[C@@H](CC(C)C)C(=O)OC)CO2. The molecule has 0 radical (unpaired) electrons. The van der Waals surface area contributed by atoms with Crippen LogP contribution in [0.25, 0.3) is 0 Å². The van der Waals surface area contributed by atoms with Crippen LogP contribution in [0, 0.1) is 5.92 Å². The van der Waals surface area contributed by atoms with Gasteiger partial charge in [0, 0.05) is 18.9 Å². The zero-order valence-electron chi connectivity index (χ0n) is 22.3. The monoisotopic (exact) mass is 545 g/mol. The van der Waals surface area contributed by atoms with Crippen LogP contribution in [-0.2, 0) is 35.6 Å². The maximum absolute atomic E-state index is 13.8. The number of methoxy groups -OCH3 is 1. The number of hydrogen-bond donors (Lipinski definition) is 2. The normalized spacial score (nSPS) is 16.2. The summed E-state index contributed by atoms with van der Waals surface area (Å²) in [4.78, 5) is 40.8. The highest BCUT2D eigenvalue weighted by atomic mass is 32.2. The number of esters is 1. The summed E-state index contributed by atoms with van der Waals surface area (Å²) in [5, 5.41) is 2.79. The minimum Gasteiger partial charge on any atom is -0.491 e. The maximum atomic E-state index is 13.8. The predicted molar refractivity (Wildman–Crippen MR) is 141 cm³/mol. The lowest BCUT2D eigenvalue weighted by Gasteiger charge is -2.35. The number of ether oxygens (including phenoxy) is 2. The van der Waals surface area contributed by atoms with Crippen molar-refractivity contribution in [2.24, 2.45) is 5.92 Å². The summed E-state index contributed by atoms with van der Waals surface area (Å²) in [5.74, 6) is -0.965. The Labute approximate surface area is 223 Å². The molecule has 38 heavy (non-hydrogen) atoms. The van der Waals surface area contributed by atoms with Gasteiger partial charge >= 0.3 is 5.97 Å². The van der Waals surface area contributed by atoms with Crippen LogP contribution in [0.2, 0.25) is 0 Å². The molecule has 0 aromatic heterocycles. The smallest absolute Gasteiger partial charge is 0.328 e. The molecule has 1 heterocycles. The first kappa shape index (κ1) is 29.1. The number of carbonyl (C=O) groups is 3. The molecule has 206 valence electrons. The molecule has 2 N–H and O–H groups in total. The molecule has 2 amide bonds. The predicted octanol–water partition coefficient (Wildman–Crippen LogP) is 2.19. The van der Waals surface area contributed by atoms with E-state index >= 15 is 0 Å². The summed E-state index contributed by atoms with van der Waals surface area (Å²) in [6.45, 7) is 5.25. The number of carbonyl (C=O) groups excluding carboxylic acids is 3. The van der Waals surface area contributed by atoms with Crippen molar-refractivity contribution in [3.8, 4) is 5.75 Å². The van der Waals surface area contributed by atoms with Crippen molar-refractivity contribution in [2.75, 3.05) is 20.8 Å². The second-order valence-corrected chi connectivity index (χ2v) is 11.5. The van der Waals surface area contributed by atoms with Gasteiger partial charge in [0.2, 0.25) is 21.8 Å². The lowest BCUT2D eigenvalue weighted by molar-refractivity contribution is -0.148. The van der Waals surface area contributed by atoms with Gasteiger partial charge in [0.05, 0.1) is 18.0 Å².